The Balaban J connectivity index is 2.48. The summed E-state index contributed by atoms with van der Waals surface area (Å²) in [6.45, 7) is 6.75. The Labute approximate surface area is 123 Å². The lowest BCUT2D eigenvalue weighted by Crippen LogP contribution is -2.42. The first-order valence-corrected chi connectivity index (χ1v) is 7.62. The van der Waals surface area contributed by atoms with Crippen LogP contribution < -0.4 is 5.32 Å². The van der Waals surface area contributed by atoms with Crippen molar-refractivity contribution < 1.29 is 14.7 Å². The van der Waals surface area contributed by atoms with E-state index in [0.717, 1.165) is 11.3 Å². The number of aliphatic carboxylic acids is 1. The van der Waals surface area contributed by atoms with Gasteiger partial charge in [-0.15, -0.1) is 11.3 Å². The van der Waals surface area contributed by atoms with Crippen LogP contribution in [-0.2, 0) is 17.8 Å². The summed E-state index contributed by atoms with van der Waals surface area (Å²) in [6.07, 6.45) is 0.996. The second kappa shape index (κ2) is 7.89. The van der Waals surface area contributed by atoms with Crippen LogP contribution in [0.25, 0.3) is 0 Å². The molecule has 0 bridgehead atoms. The second-order valence-electron chi connectivity index (χ2n) is 4.66. The van der Waals surface area contributed by atoms with Gasteiger partial charge in [0.1, 0.15) is 0 Å². The van der Waals surface area contributed by atoms with E-state index in [1.807, 2.05) is 13.0 Å². The molecule has 1 rings (SSSR count). The number of hydrogen-bond acceptors (Lipinski definition) is 3. The molecule has 0 aliphatic carbocycles. The van der Waals surface area contributed by atoms with E-state index in [2.05, 4.69) is 18.3 Å². The summed E-state index contributed by atoms with van der Waals surface area (Å²) < 4.78 is 0. The minimum Gasteiger partial charge on any atom is -0.481 e. The van der Waals surface area contributed by atoms with E-state index < -0.39 is 11.9 Å². The summed E-state index contributed by atoms with van der Waals surface area (Å²) in [4.78, 5) is 26.8. The highest BCUT2D eigenvalue weighted by atomic mass is 32.1. The number of rotatable bonds is 7. The number of nitrogens with one attached hydrogen (secondary N) is 1. The number of carbonyl (C=O) groups excluding carboxylic acids is 1. The molecule has 1 unspecified atom stereocenters. The molecule has 0 aliphatic heterocycles. The molecular weight excluding hydrogens is 276 g/mol. The van der Waals surface area contributed by atoms with E-state index in [-0.39, 0.29) is 12.6 Å². The Hall–Kier alpha value is -1.56. The number of amides is 2. The van der Waals surface area contributed by atoms with Crippen LogP contribution in [0.4, 0.5) is 4.79 Å². The zero-order chi connectivity index (χ0) is 15.1. The van der Waals surface area contributed by atoms with Crippen LogP contribution in [0.1, 0.15) is 30.5 Å². The van der Waals surface area contributed by atoms with Crippen molar-refractivity contribution in [2.24, 2.45) is 5.92 Å². The first kappa shape index (κ1) is 16.5. The predicted molar refractivity (Wildman–Crippen MR) is 80.0 cm³/mol. The SMILES string of the molecule is CCc1ccc(CNC(=O)N(CC)CC(C)C(=O)O)s1. The molecule has 112 valence electrons. The van der Waals surface area contributed by atoms with Gasteiger partial charge in [-0.25, -0.2) is 4.79 Å². The van der Waals surface area contributed by atoms with Crippen molar-refractivity contribution in [2.45, 2.75) is 33.7 Å². The number of carboxylic acid groups (broad SMARTS) is 1. The van der Waals surface area contributed by atoms with Crippen LogP contribution in [0, 0.1) is 5.92 Å². The standard InChI is InChI=1S/C14H22N2O3S/c1-4-11-6-7-12(20-11)8-15-14(19)16(5-2)9-10(3)13(17)18/h6-7,10H,4-5,8-9H2,1-3H3,(H,15,19)(H,17,18). The van der Waals surface area contributed by atoms with Gasteiger partial charge in [-0.3, -0.25) is 4.79 Å². The highest BCUT2D eigenvalue weighted by Gasteiger charge is 2.19. The summed E-state index contributed by atoms with van der Waals surface area (Å²) in [5, 5.41) is 11.7. The molecule has 1 aromatic heterocycles. The van der Waals surface area contributed by atoms with Crippen LogP contribution in [0.5, 0.6) is 0 Å². The van der Waals surface area contributed by atoms with E-state index in [1.165, 1.54) is 9.78 Å². The van der Waals surface area contributed by atoms with Gasteiger partial charge in [0.2, 0.25) is 0 Å². The normalized spacial score (nSPS) is 11.9. The number of carbonyl (C=O) groups is 2. The first-order valence-electron chi connectivity index (χ1n) is 6.81. The zero-order valence-corrected chi connectivity index (χ0v) is 13.0. The monoisotopic (exact) mass is 298 g/mol. The largest absolute Gasteiger partial charge is 0.481 e. The van der Waals surface area contributed by atoms with Crippen LogP contribution in [0.3, 0.4) is 0 Å². The van der Waals surface area contributed by atoms with Crippen molar-refractivity contribution in [1.29, 1.82) is 0 Å². The maximum absolute atomic E-state index is 12.0. The van der Waals surface area contributed by atoms with E-state index in [9.17, 15) is 9.59 Å². The number of urea groups is 1. The molecule has 2 N–H and O–H groups in total. The maximum atomic E-state index is 12.0. The molecule has 0 fully saturated rings. The summed E-state index contributed by atoms with van der Waals surface area (Å²) in [7, 11) is 0. The van der Waals surface area contributed by atoms with Gasteiger partial charge in [0.15, 0.2) is 0 Å². The molecule has 1 aromatic rings. The van der Waals surface area contributed by atoms with Crippen LogP contribution in [0.15, 0.2) is 12.1 Å². The Morgan fingerprint density at radius 3 is 2.50 bits per heavy atom. The Morgan fingerprint density at radius 1 is 1.35 bits per heavy atom. The fourth-order valence-corrected chi connectivity index (χ4v) is 2.64. The number of nitrogens with zero attached hydrogens (tertiary/aromatic N) is 1. The number of carboxylic acids is 1. The van der Waals surface area contributed by atoms with Crippen molar-refractivity contribution >= 4 is 23.3 Å². The molecular formula is C14H22N2O3S. The average molecular weight is 298 g/mol. The third-order valence-corrected chi connectivity index (χ3v) is 4.29. The van der Waals surface area contributed by atoms with Crippen LogP contribution in [0.2, 0.25) is 0 Å². The predicted octanol–water partition coefficient (Wildman–Crippen LogP) is 2.56. The van der Waals surface area contributed by atoms with E-state index >= 15 is 0 Å². The molecule has 0 saturated heterocycles. The van der Waals surface area contributed by atoms with Crippen molar-refractivity contribution in [3.63, 3.8) is 0 Å². The third kappa shape index (κ3) is 4.85. The highest BCUT2D eigenvalue weighted by molar-refractivity contribution is 7.11. The molecule has 5 nitrogen and oxygen atoms in total. The number of thiophene rings is 1. The van der Waals surface area contributed by atoms with E-state index in [1.54, 1.807) is 18.3 Å². The van der Waals surface area contributed by atoms with Gasteiger partial charge >= 0.3 is 12.0 Å². The van der Waals surface area contributed by atoms with Gasteiger partial charge in [0.25, 0.3) is 0 Å². The van der Waals surface area contributed by atoms with Crippen LogP contribution in [-0.4, -0.2) is 35.1 Å². The highest BCUT2D eigenvalue weighted by Crippen LogP contribution is 2.16. The lowest BCUT2D eigenvalue weighted by atomic mass is 10.2. The van der Waals surface area contributed by atoms with Crippen LogP contribution >= 0.6 is 11.3 Å². The fraction of sp³-hybridized carbons (Fsp3) is 0.571. The van der Waals surface area contributed by atoms with E-state index in [4.69, 9.17) is 5.11 Å². The average Bonchev–Trinajstić information content (AvgIpc) is 2.89. The Kier molecular flexibility index (Phi) is 6.51. The second-order valence-corrected chi connectivity index (χ2v) is 5.91. The fourth-order valence-electron chi connectivity index (χ4n) is 1.75. The molecule has 0 saturated carbocycles. The number of aryl methyl sites for hydroxylation is 1. The Bertz CT molecular complexity index is 459. The topological polar surface area (TPSA) is 69.6 Å². The molecule has 1 heterocycles. The van der Waals surface area contributed by atoms with Gasteiger partial charge in [-0.2, -0.15) is 0 Å². The van der Waals surface area contributed by atoms with E-state index in [0.29, 0.717) is 13.1 Å². The van der Waals surface area contributed by atoms with Gasteiger partial charge in [0, 0.05) is 22.8 Å². The molecule has 0 aromatic carbocycles. The molecule has 6 heteroatoms. The molecule has 0 aliphatic rings. The summed E-state index contributed by atoms with van der Waals surface area (Å²) in [5.74, 6) is -1.45. The smallest absolute Gasteiger partial charge is 0.317 e. The summed E-state index contributed by atoms with van der Waals surface area (Å²) in [6, 6.07) is 3.86. The zero-order valence-electron chi connectivity index (χ0n) is 12.2. The number of hydrogen-bond donors (Lipinski definition) is 2. The van der Waals surface area contributed by atoms with Crippen molar-refractivity contribution in [3.05, 3.63) is 21.9 Å². The van der Waals surface area contributed by atoms with Gasteiger partial charge in [0.05, 0.1) is 12.5 Å². The Morgan fingerprint density at radius 2 is 2.00 bits per heavy atom. The summed E-state index contributed by atoms with van der Waals surface area (Å²) >= 11 is 1.69. The maximum Gasteiger partial charge on any atom is 0.317 e. The minimum absolute atomic E-state index is 0.216. The quantitative estimate of drug-likeness (QED) is 0.813. The third-order valence-electron chi connectivity index (χ3n) is 3.06. The summed E-state index contributed by atoms with van der Waals surface area (Å²) in [5.41, 5.74) is 0. The van der Waals surface area contributed by atoms with Gasteiger partial charge < -0.3 is 15.3 Å². The molecule has 1 atom stereocenters. The molecule has 0 radical (unpaired) electrons. The molecule has 0 spiro atoms. The minimum atomic E-state index is -0.887. The first-order chi connectivity index (χ1) is 9.47. The molecule has 2 amide bonds. The van der Waals surface area contributed by atoms with Crippen molar-refractivity contribution in [3.8, 4) is 0 Å². The van der Waals surface area contributed by atoms with Crippen molar-refractivity contribution in [1.82, 2.24) is 10.2 Å². The lowest BCUT2D eigenvalue weighted by molar-refractivity contribution is -0.141. The lowest BCUT2D eigenvalue weighted by Gasteiger charge is -2.23. The van der Waals surface area contributed by atoms with Gasteiger partial charge in [-0.05, 0) is 25.5 Å². The molecule has 20 heavy (non-hydrogen) atoms. The van der Waals surface area contributed by atoms with Gasteiger partial charge in [-0.1, -0.05) is 13.8 Å². The van der Waals surface area contributed by atoms with Crippen molar-refractivity contribution in [2.75, 3.05) is 13.1 Å².